The van der Waals surface area contributed by atoms with Gasteiger partial charge in [-0.3, -0.25) is 10.1 Å². The summed E-state index contributed by atoms with van der Waals surface area (Å²) in [7, 11) is 0. The van der Waals surface area contributed by atoms with Gasteiger partial charge in [0.05, 0.1) is 4.92 Å². The number of nitro groups is 1. The van der Waals surface area contributed by atoms with Crippen LogP contribution < -0.4 is 4.90 Å². The minimum absolute atomic E-state index is 0.109. The Hall–Kier alpha value is -2.09. The Labute approximate surface area is 106 Å². The molecule has 1 fully saturated rings. The predicted octanol–water partition coefficient (Wildman–Crippen LogP) is 2.56. The monoisotopic (exact) mass is 245 g/mol. The van der Waals surface area contributed by atoms with Crippen LogP contribution in [0.4, 0.5) is 11.4 Å². The number of hydrogen-bond acceptors (Lipinski definition) is 4. The molecule has 2 unspecified atom stereocenters. The van der Waals surface area contributed by atoms with Crippen LogP contribution in [0.5, 0.6) is 0 Å². The SMILES string of the molecule is CC1CN(c2ccc(C#N)c([N+](=O)[O-])c2)CC1C. The highest BCUT2D eigenvalue weighted by atomic mass is 16.6. The van der Waals surface area contributed by atoms with Crippen LogP contribution in [-0.2, 0) is 0 Å². The summed E-state index contributed by atoms with van der Waals surface area (Å²) in [5.41, 5.74) is 0.836. The van der Waals surface area contributed by atoms with Crippen molar-refractivity contribution in [1.82, 2.24) is 0 Å². The van der Waals surface area contributed by atoms with E-state index in [1.165, 1.54) is 12.1 Å². The molecule has 0 bridgehead atoms. The Morgan fingerprint density at radius 1 is 1.39 bits per heavy atom. The lowest BCUT2D eigenvalue weighted by Gasteiger charge is -2.18. The maximum Gasteiger partial charge on any atom is 0.289 e. The molecule has 0 N–H and O–H groups in total. The van der Waals surface area contributed by atoms with Crippen LogP contribution in [0.25, 0.3) is 0 Å². The van der Waals surface area contributed by atoms with Crippen LogP contribution in [0.3, 0.4) is 0 Å². The second kappa shape index (κ2) is 4.65. The van der Waals surface area contributed by atoms with Crippen molar-refractivity contribution < 1.29 is 4.92 Å². The summed E-state index contributed by atoms with van der Waals surface area (Å²) in [6.07, 6.45) is 0. The van der Waals surface area contributed by atoms with Gasteiger partial charge in [0.25, 0.3) is 5.69 Å². The molecule has 2 atom stereocenters. The molecule has 1 saturated heterocycles. The molecule has 5 nitrogen and oxygen atoms in total. The van der Waals surface area contributed by atoms with E-state index in [1.54, 1.807) is 6.07 Å². The lowest BCUT2D eigenvalue weighted by Crippen LogP contribution is -2.19. The second-order valence-corrected chi connectivity index (χ2v) is 4.93. The van der Waals surface area contributed by atoms with Gasteiger partial charge in [0.2, 0.25) is 0 Å². The van der Waals surface area contributed by atoms with E-state index in [-0.39, 0.29) is 11.3 Å². The Morgan fingerprint density at radius 2 is 2.00 bits per heavy atom. The van der Waals surface area contributed by atoms with Crippen molar-refractivity contribution in [2.45, 2.75) is 13.8 Å². The zero-order chi connectivity index (χ0) is 13.3. The van der Waals surface area contributed by atoms with E-state index in [1.807, 2.05) is 6.07 Å². The van der Waals surface area contributed by atoms with E-state index in [9.17, 15) is 10.1 Å². The van der Waals surface area contributed by atoms with Gasteiger partial charge in [0.15, 0.2) is 0 Å². The number of hydrogen-bond donors (Lipinski definition) is 0. The van der Waals surface area contributed by atoms with Gasteiger partial charge in [0, 0.05) is 24.8 Å². The van der Waals surface area contributed by atoms with E-state index in [0.29, 0.717) is 11.8 Å². The summed E-state index contributed by atoms with van der Waals surface area (Å²) < 4.78 is 0. The Kier molecular flexibility index (Phi) is 3.19. The minimum atomic E-state index is -0.495. The van der Waals surface area contributed by atoms with E-state index >= 15 is 0 Å². The highest BCUT2D eigenvalue weighted by molar-refractivity contribution is 5.60. The summed E-state index contributed by atoms with van der Waals surface area (Å²) in [6, 6.07) is 6.67. The molecule has 1 aliphatic heterocycles. The largest absolute Gasteiger partial charge is 0.371 e. The standard InChI is InChI=1S/C13H15N3O2/c1-9-7-15(8-10(9)2)12-4-3-11(6-14)13(5-12)16(17)18/h3-5,9-10H,7-8H2,1-2H3. The third-order valence-corrected chi connectivity index (χ3v) is 3.65. The molecule has 0 amide bonds. The number of benzene rings is 1. The fourth-order valence-corrected chi connectivity index (χ4v) is 2.30. The van der Waals surface area contributed by atoms with E-state index in [4.69, 9.17) is 5.26 Å². The Balaban J connectivity index is 2.34. The molecule has 94 valence electrons. The molecule has 1 aromatic carbocycles. The second-order valence-electron chi connectivity index (χ2n) is 4.93. The number of nitro benzene ring substituents is 1. The summed E-state index contributed by atoms with van der Waals surface area (Å²) in [4.78, 5) is 12.6. The Bertz CT molecular complexity index is 511. The summed E-state index contributed by atoms with van der Waals surface area (Å²) in [5.74, 6) is 1.17. The van der Waals surface area contributed by atoms with Crippen molar-refractivity contribution in [1.29, 1.82) is 5.26 Å². The molecule has 0 saturated carbocycles. The fraction of sp³-hybridized carbons (Fsp3) is 0.462. The predicted molar refractivity (Wildman–Crippen MR) is 68.4 cm³/mol. The van der Waals surface area contributed by atoms with Crippen molar-refractivity contribution in [3.63, 3.8) is 0 Å². The molecule has 2 rings (SSSR count). The van der Waals surface area contributed by atoms with Crippen molar-refractivity contribution in [3.8, 4) is 6.07 Å². The quantitative estimate of drug-likeness (QED) is 0.593. The van der Waals surface area contributed by atoms with Gasteiger partial charge in [-0.05, 0) is 24.0 Å². The first-order valence-corrected chi connectivity index (χ1v) is 5.96. The highest BCUT2D eigenvalue weighted by Crippen LogP contribution is 2.31. The molecule has 1 aromatic rings. The van der Waals surface area contributed by atoms with Gasteiger partial charge >= 0.3 is 0 Å². The van der Waals surface area contributed by atoms with Crippen LogP contribution in [0.2, 0.25) is 0 Å². The summed E-state index contributed by atoms with van der Waals surface area (Å²) >= 11 is 0. The van der Waals surface area contributed by atoms with Gasteiger partial charge in [-0.1, -0.05) is 13.8 Å². The molecule has 5 heteroatoms. The highest BCUT2D eigenvalue weighted by Gasteiger charge is 2.27. The molecule has 0 radical (unpaired) electrons. The topological polar surface area (TPSA) is 70.2 Å². The fourth-order valence-electron chi connectivity index (χ4n) is 2.30. The van der Waals surface area contributed by atoms with Crippen molar-refractivity contribution in [2.75, 3.05) is 18.0 Å². The average Bonchev–Trinajstić information content (AvgIpc) is 2.68. The van der Waals surface area contributed by atoms with Gasteiger partial charge in [-0.2, -0.15) is 5.26 Å². The molecule has 0 spiro atoms. The zero-order valence-corrected chi connectivity index (χ0v) is 10.5. The van der Waals surface area contributed by atoms with Crippen LogP contribution in [0.1, 0.15) is 19.4 Å². The van der Waals surface area contributed by atoms with Gasteiger partial charge in [0.1, 0.15) is 11.6 Å². The van der Waals surface area contributed by atoms with Crippen molar-refractivity contribution >= 4 is 11.4 Å². The first-order chi connectivity index (χ1) is 8.52. The van der Waals surface area contributed by atoms with Crippen LogP contribution in [0.15, 0.2) is 18.2 Å². The van der Waals surface area contributed by atoms with Gasteiger partial charge < -0.3 is 4.90 Å². The van der Waals surface area contributed by atoms with Crippen LogP contribution in [-0.4, -0.2) is 18.0 Å². The molecule has 0 aliphatic carbocycles. The van der Waals surface area contributed by atoms with Gasteiger partial charge in [-0.25, -0.2) is 0 Å². The number of nitriles is 1. The molecule has 1 aliphatic rings. The smallest absolute Gasteiger partial charge is 0.289 e. The first kappa shape index (κ1) is 12.4. The zero-order valence-electron chi connectivity index (χ0n) is 10.5. The molecule has 18 heavy (non-hydrogen) atoms. The molecule has 1 heterocycles. The lowest BCUT2D eigenvalue weighted by molar-refractivity contribution is -0.385. The first-order valence-electron chi connectivity index (χ1n) is 5.96. The van der Waals surface area contributed by atoms with Gasteiger partial charge in [-0.15, -0.1) is 0 Å². The number of nitrogens with zero attached hydrogens (tertiary/aromatic N) is 3. The molecular formula is C13H15N3O2. The van der Waals surface area contributed by atoms with E-state index in [2.05, 4.69) is 18.7 Å². The molecular weight excluding hydrogens is 230 g/mol. The van der Waals surface area contributed by atoms with E-state index < -0.39 is 4.92 Å². The van der Waals surface area contributed by atoms with Crippen molar-refractivity contribution in [2.24, 2.45) is 11.8 Å². The van der Waals surface area contributed by atoms with Crippen LogP contribution >= 0.6 is 0 Å². The maximum absolute atomic E-state index is 10.9. The average molecular weight is 245 g/mol. The molecule has 0 aromatic heterocycles. The maximum atomic E-state index is 10.9. The van der Waals surface area contributed by atoms with E-state index in [0.717, 1.165) is 18.8 Å². The van der Waals surface area contributed by atoms with Crippen LogP contribution in [0, 0.1) is 33.3 Å². The number of anilines is 1. The normalized spacial score (nSPS) is 22.8. The third-order valence-electron chi connectivity index (χ3n) is 3.65. The Morgan fingerprint density at radius 3 is 2.50 bits per heavy atom. The third kappa shape index (κ3) is 2.14. The van der Waals surface area contributed by atoms with Crippen molar-refractivity contribution in [3.05, 3.63) is 33.9 Å². The summed E-state index contributed by atoms with van der Waals surface area (Å²) in [6.45, 7) is 6.18. The lowest BCUT2D eigenvalue weighted by atomic mass is 10.0. The number of rotatable bonds is 2. The summed E-state index contributed by atoms with van der Waals surface area (Å²) in [5, 5.41) is 19.8. The minimum Gasteiger partial charge on any atom is -0.371 e.